The highest BCUT2D eigenvalue weighted by Crippen LogP contribution is 2.58. The number of halogens is 1. The second-order valence-corrected chi connectivity index (χ2v) is 13.9. The minimum Gasteiger partial charge on any atom is -0.480 e. The molecule has 4 aromatic carbocycles. The van der Waals surface area contributed by atoms with Crippen molar-refractivity contribution in [2.45, 2.75) is 43.2 Å². The van der Waals surface area contributed by atoms with Gasteiger partial charge in [0.05, 0.1) is 10.5 Å². The molecule has 1 aliphatic rings. The van der Waals surface area contributed by atoms with Crippen LogP contribution in [0.3, 0.4) is 0 Å². The van der Waals surface area contributed by atoms with Crippen LogP contribution in [0.15, 0.2) is 102 Å². The van der Waals surface area contributed by atoms with Gasteiger partial charge >= 0.3 is 11.9 Å². The lowest BCUT2D eigenvalue weighted by atomic mass is 10.0. The molecule has 0 saturated heterocycles. The molecule has 9 nitrogen and oxygen atoms in total. The van der Waals surface area contributed by atoms with E-state index in [0.29, 0.717) is 22.7 Å². The van der Waals surface area contributed by atoms with Crippen molar-refractivity contribution in [1.29, 1.82) is 0 Å². The van der Waals surface area contributed by atoms with Crippen molar-refractivity contribution in [3.05, 3.63) is 119 Å². The Morgan fingerprint density at radius 2 is 1.53 bits per heavy atom. The number of aliphatic carboxylic acids is 1. The first-order chi connectivity index (χ1) is 22.5. The number of benzene rings is 4. The number of carboxylic acids is 2. The van der Waals surface area contributed by atoms with Gasteiger partial charge in [0.15, 0.2) is 0 Å². The summed E-state index contributed by atoms with van der Waals surface area (Å²) in [5.74, 6) is -3.06. The zero-order valence-electron chi connectivity index (χ0n) is 26.3. The Morgan fingerprint density at radius 1 is 0.894 bits per heavy atom. The van der Waals surface area contributed by atoms with Crippen LogP contribution in [-0.2, 0) is 21.4 Å². The first kappa shape index (κ1) is 34.1. The number of nitrogens with zero attached hydrogens (tertiary/aromatic N) is 2. The predicted molar refractivity (Wildman–Crippen MR) is 183 cm³/mol. The molecule has 5 rings (SSSR count). The largest absolute Gasteiger partial charge is 0.480 e. The Balaban J connectivity index is 1.51. The Morgan fingerprint density at radius 3 is 2.15 bits per heavy atom. The third-order valence-corrected chi connectivity index (χ3v) is 11.0. The van der Waals surface area contributed by atoms with Crippen LogP contribution < -0.4 is 5.32 Å². The molecule has 0 amide bonds. The quantitative estimate of drug-likeness (QED) is 0.128. The number of anilines is 1. The molecule has 2 atom stereocenters. The molecule has 0 aromatic heterocycles. The highest BCUT2D eigenvalue weighted by molar-refractivity contribution is 7.89. The van der Waals surface area contributed by atoms with E-state index in [4.69, 9.17) is 11.6 Å². The molecule has 0 radical (unpaired) electrons. The maximum Gasteiger partial charge on any atom is 0.335 e. The molecule has 0 heterocycles. The monoisotopic (exact) mass is 675 g/mol. The van der Waals surface area contributed by atoms with Crippen molar-refractivity contribution in [3.8, 4) is 11.1 Å². The van der Waals surface area contributed by atoms with Crippen molar-refractivity contribution in [3.63, 3.8) is 0 Å². The first-order valence-electron chi connectivity index (χ1n) is 15.5. The number of nitrogens with one attached hydrogen (secondary N) is 1. The van der Waals surface area contributed by atoms with Crippen LogP contribution in [0, 0.1) is 0 Å². The number of carboxylic acid groups (broad SMARTS) is 2. The fourth-order valence-electron chi connectivity index (χ4n) is 6.03. The highest BCUT2D eigenvalue weighted by Gasteiger charge is 2.68. The van der Waals surface area contributed by atoms with Crippen LogP contribution in [0.5, 0.6) is 0 Å². The molecule has 47 heavy (non-hydrogen) atoms. The average Bonchev–Trinajstić information content (AvgIpc) is 3.83. The molecule has 0 aliphatic heterocycles. The van der Waals surface area contributed by atoms with Crippen molar-refractivity contribution in [1.82, 2.24) is 9.21 Å². The van der Waals surface area contributed by atoms with E-state index >= 15 is 0 Å². The minimum absolute atomic E-state index is 0.0209. The van der Waals surface area contributed by atoms with Crippen molar-refractivity contribution in [2.75, 3.05) is 31.5 Å². The minimum atomic E-state index is -4.40. The van der Waals surface area contributed by atoms with E-state index < -0.39 is 33.4 Å². The van der Waals surface area contributed by atoms with Gasteiger partial charge in [0.25, 0.3) is 0 Å². The van der Waals surface area contributed by atoms with E-state index in [-0.39, 0.29) is 23.4 Å². The molecule has 3 N–H and O–H groups in total. The fourth-order valence-corrected chi connectivity index (χ4v) is 7.91. The van der Waals surface area contributed by atoms with Crippen LogP contribution in [0.1, 0.15) is 47.7 Å². The van der Waals surface area contributed by atoms with Gasteiger partial charge in [0.2, 0.25) is 10.0 Å². The average molecular weight is 676 g/mol. The molecular weight excluding hydrogens is 638 g/mol. The number of likely N-dealkylation sites (N-methyl/N-ethyl adjacent to an activating group) is 1. The first-order valence-corrected chi connectivity index (χ1v) is 17.3. The van der Waals surface area contributed by atoms with E-state index in [1.165, 1.54) is 30.3 Å². The summed E-state index contributed by atoms with van der Waals surface area (Å²) in [6, 6.07) is 26.8. The van der Waals surface area contributed by atoms with Gasteiger partial charge in [0, 0.05) is 36.3 Å². The Hall–Kier alpha value is -4.22. The summed E-state index contributed by atoms with van der Waals surface area (Å²) in [5, 5.41) is 24.3. The molecule has 0 spiro atoms. The van der Waals surface area contributed by atoms with Crippen molar-refractivity contribution < 1.29 is 28.2 Å². The van der Waals surface area contributed by atoms with Crippen LogP contribution in [0.4, 0.5) is 5.69 Å². The second kappa shape index (κ2) is 14.3. The molecule has 1 aliphatic carbocycles. The lowest BCUT2D eigenvalue weighted by Gasteiger charge is -2.30. The number of hydrogen-bond donors (Lipinski definition) is 3. The standard InChI is InChI=1S/C36H38ClN3O6S/c1-3-39(4-2)20-19-38-31-10-6-8-28(22-31)33-23-36(33,35(43)44)40(24-25-7-5-9-29(21-25)34(41)42)47(45,46)32-17-13-27(14-18-32)26-11-15-30(37)16-12-26/h5-18,21-22,33,38H,3-4,19-20,23-24H2,1-2H3,(H,41,42)(H,43,44)/t33-,36-/m1/s1. The Labute approximate surface area is 280 Å². The lowest BCUT2D eigenvalue weighted by Crippen LogP contribution is -2.48. The Kier molecular flexibility index (Phi) is 10.4. The third-order valence-electron chi connectivity index (χ3n) is 8.81. The molecule has 1 saturated carbocycles. The maximum atomic E-state index is 14.5. The van der Waals surface area contributed by atoms with Crippen LogP contribution in [-0.4, -0.2) is 71.5 Å². The molecule has 246 valence electrons. The lowest BCUT2D eigenvalue weighted by molar-refractivity contribution is -0.143. The van der Waals surface area contributed by atoms with E-state index in [9.17, 15) is 28.2 Å². The summed E-state index contributed by atoms with van der Waals surface area (Å²) in [6.07, 6.45) is 0.0615. The summed E-state index contributed by atoms with van der Waals surface area (Å²) < 4.78 is 29.9. The molecule has 11 heteroatoms. The van der Waals surface area contributed by atoms with E-state index in [1.54, 1.807) is 30.3 Å². The number of rotatable bonds is 15. The zero-order chi connectivity index (χ0) is 33.8. The summed E-state index contributed by atoms with van der Waals surface area (Å²) in [5.41, 5.74) is 1.70. The van der Waals surface area contributed by atoms with Gasteiger partial charge in [-0.2, -0.15) is 4.31 Å². The van der Waals surface area contributed by atoms with Gasteiger partial charge in [-0.25, -0.2) is 13.2 Å². The molecule has 4 aromatic rings. The Bertz CT molecular complexity index is 1850. The van der Waals surface area contributed by atoms with Gasteiger partial charge in [-0.15, -0.1) is 0 Å². The summed E-state index contributed by atoms with van der Waals surface area (Å²) >= 11 is 6.03. The van der Waals surface area contributed by atoms with Crippen LogP contribution in [0.2, 0.25) is 5.02 Å². The van der Waals surface area contributed by atoms with Crippen LogP contribution >= 0.6 is 11.6 Å². The van der Waals surface area contributed by atoms with Crippen molar-refractivity contribution >= 4 is 39.3 Å². The van der Waals surface area contributed by atoms with Gasteiger partial charge in [0.1, 0.15) is 5.54 Å². The van der Waals surface area contributed by atoms with Crippen LogP contribution in [0.25, 0.3) is 11.1 Å². The van der Waals surface area contributed by atoms with Crippen molar-refractivity contribution in [2.24, 2.45) is 0 Å². The summed E-state index contributed by atoms with van der Waals surface area (Å²) in [6.45, 7) is 7.30. The van der Waals surface area contributed by atoms with Gasteiger partial charge < -0.3 is 20.4 Å². The molecule has 0 bridgehead atoms. The smallest absolute Gasteiger partial charge is 0.335 e. The van der Waals surface area contributed by atoms with E-state index in [0.717, 1.165) is 40.8 Å². The molecule has 0 unspecified atom stereocenters. The van der Waals surface area contributed by atoms with E-state index in [2.05, 4.69) is 24.1 Å². The summed E-state index contributed by atoms with van der Waals surface area (Å²) in [4.78, 5) is 27.1. The van der Waals surface area contributed by atoms with Gasteiger partial charge in [-0.1, -0.05) is 74.0 Å². The normalized spacial score (nSPS) is 17.5. The van der Waals surface area contributed by atoms with Gasteiger partial charge in [-0.3, -0.25) is 4.79 Å². The molecular formula is C36H38ClN3O6S. The third kappa shape index (κ3) is 7.36. The summed E-state index contributed by atoms with van der Waals surface area (Å²) in [7, 11) is -4.40. The zero-order valence-corrected chi connectivity index (χ0v) is 27.8. The highest BCUT2D eigenvalue weighted by atomic mass is 35.5. The second-order valence-electron chi connectivity index (χ2n) is 11.6. The number of hydrogen-bond acceptors (Lipinski definition) is 6. The maximum absolute atomic E-state index is 14.5. The number of carbonyl (C=O) groups is 2. The van der Waals surface area contributed by atoms with E-state index in [1.807, 2.05) is 36.4 Å². The molecule has 1 fully saturated rings. The predicted octanol–water partition coefficient (Wildman–Crippen LogP) is 6.66. The van der Waals surface area contributed by atoms with Gasteiger partial charge in [-0.05, 0) is 90.3 Å². The fraction of sp³-hybridized carbons (Fsp3) is 0.278. The topological polar surface area (TPSA) is 127 Å². The number of aromatic carboxylic acids is 1. The number of sulfonamides is 1. The SMILES string of the molecule is CCN(CC)CCNc1cccc([C@H]2C[C@@]2(C(=O)O)N(Cc2cccc(C(=O)O)c2)S(=O)(=O)c2ccc(-c3ccc(Cl)cc3)cc2)c1.